The zero-order valence-electron chi connectivity index (χ0n) is 18.6. The van der Waals surface area contributed by atoms with Gasteiger partial charge >= 0.3 is 0 Å². The average Bonchev–Trinajstić information content (AvgIpc) is 2.98. The Morgan fingerprint density at radius 1 is 1.17 bits per heavy atom. The van der Waals surface area contributed by atoms with Crippen molar-refractivity contribution in [3.8, 4) is 0 Å². The molecule has 0 aliphatic rings. The van der Waals surface area contributed by atoms with Crippen LogP contribution in [-0.4, -0.2) is 43.8 Å². The molecule has 1 aromatic heterocycles. The Bertz CT molecular complexity index is 950. The first-order valence-electron chi connectivity index (χ1n) is 10.2. The highest BCUT2D eigenvalue weighted by Crippen LogP contribution is 2.12. The van der Waals surface area contributed by atoms with Crippen molar-refractivity contribution < 1.29 is 8.42 Å². The van der Waals surface area contributed by atoms with E-state index in [1.165, 1.54) is 0 Å². The molecule has 9 heteroatoms. The molecule has 0 spiro atoms. The van der Waals surface area contributed by atoms with E-state index in [2.05, 4.69) is 38.4 Å². The van der Waals surface area contributed by atoms with Crippen LogP contribution in [0.3, 0.4) is 0 Å². The molecular formula is C21H34N6O2S. The monoisotopic (exact) mass is 434 g/mol. The van der Waals surface area contributed by atoms with Gasteiger partial charge in [-0.3, -0.25) is 9.67 Å². The number of hydrogen-bond donors (Lipinski definition) is 3. The Balaban J connectivity index is 1.87. The molecule has 0 radical (unpaired) electrons. The van der Waals surface area contributed by atoms with Gasteiger partial charge in [0.2, 0.25) is 10.0 Å². The fraction of sp³-hybridized carbons (Fsp3) is 0.524. The van der Waals surface area contributed by atoms with Crippen LogP contribution in [0.25, 0.3) is 0 Å². The van der Waals surface area contributed by atoms with E-state index in [0.717, 1.165) is 42.0 Å². The quantitative estimate of drug-likeness (QED) is 0.302. The molecule has 0 fully saturated rings. The minimum Gasteiger partial charge on any atom is -0.356 e. The molecule has 2 rings (SSSR count). The van der Waals surface area contributed by atoms with Crippen molar-refractivity contribution in [2.24, 2.45) is 4.99 Å². The van der Waals surface area contributed by atoms with Crippen molar-refractivity contribution >= 4 is 16.0 Å². The summed E-state index contributed by atoms with van der Waals surface area (Å²) < 4.78 is 29.2. The van der Waals surface area contributed by atoms with Crippen molar-refractivity contribution in [3.63, 3.8) is 0 Å². The summed E-state index contributed by atoms with van der Waals surface area (Å²) in [7, 11) is -1.66. The number of nitrogens with zero attached hydrogens (tertiary/aromatic N) is 3. The maximum absolute atomic E-state index is 12.3. The number of benzene rings is 1. The summed E-state index contributed by atoms with van der Waals surface area (Å²) >= 11 is 0. The number of sulfonamides is 1. The molecule has 0 saturated heterocycles. The summed E-state index contributed by atoms with van der Waals surface area (Å²) in [5.74, 6) is 0.638. The first-order valence-corrected chi connectivity index (χ1v) is 11.9. The predicted octanol–water partition coefficient (Wildman–Crippen LogP) is 2.08. The minimum absolute atomic E-state index is 0.0439. The van der Waals surface area contributed by atoms with E-state index in [-0.39, 0.29) is 11.8 Å². The van der Waals surface area contributed by atoms with E-state index >= 15 is 0 Å². The first-order chi connectivity index (χ1) is 14.2. The van der Waals surface area contributed by atoms with Gasteiger partial charge in [0, 0.05) is 38.4 Å². The Kier molecular flexibility index (Phi) is 8.86. The van der Waals surface area contributed by atoms with Crippen molar-refractivity contribution in [2.75, 3.05) is 13.6 Å². The van der Waals surface area contributed by atoms with Crippen LogP contribution in [0.4, 0.5) is 0 Å². The summed E-state index contributed by atoms with van der Waals surface area (Å²) in [5.41, 5.74) is 3.89. The van der Waals surface area contributed by atoms with E-state index in [9.17, 15) is 8.42 Å². The van der Waals surface area contributed by atoms with Gasteiger partial charge in [-0.1, -0.05) is 24.3 Å². The largest absolute Gasteiger partial charge is 0.356 e. The third kappa shape index (κ3) is 7.79. The van der Waals surface area contributed by atoms with Crippen LogP contribution in [0.5, 0.6) is 0 Å². The van der Waals surface area contributed by atoms with Gasteiger partial charge in [0.1, 0.15) is 0 Å². The second-order valence-corrected chi connectivity index (χ2v) is 9.41. The van der Waals surface area contributed by atoms with Crippen LogP contribution < -0.4 is 15.4 Å². The SMILES string of the molecule is CN=C(NCCCn1nc(C)cc1C)NCc1ccccc1CS(=O)(=O)NC(C)C. The normalized spacial score (nSPS) is 12.4. The Hall–Kier alpha value is -2.39. The van der Waals surface area contributed by atoms with Crippen LogP contribution in [0.2, 0.25) is 0 Å². The van der Waals surface area contributed by atoms with Gasteiger partial charge in [-0.2, -0.15) is 5.10 Å². The van der Waals surface area contributed by atoms with Gasteiger partial charge < -0.3 is 10.6 Å². The third-order valence-corrected chi connectivity index (χ3v) is 6.01. The molecule has 0 saturated carbocycles. The number of hydrogen-bond acceptors (Lipinski definition) is 4. The van der Waals surface area contributed by atoms with E-state index in [1.54, 1.807) is 7.05 Å². The number of nitrogens with one attached hydrogen (secondary N) is 3. The fourth-order valence-corrected chi connectivity index (χ4v) is 4.71. The number of guanidine groups is 1. The van der Waals surface area contributed by atoms with Crippen molar-refractivity contribution in [1.29, 1.82) is 0 Å². The van der Waals surface area contributed by atoms with Gasteiger partial charge in [-0.15, -0.1) is 0 Å². The van der Waals surface area contributed by atoms with Crippen molar-refractivity contribution in [3.05, 3.63) is 52.8 Å². The molecule has 2 aromatic rings. The number of rotatable bonds is 10. The molecule has 0 aliphatic heterocycles. The maximum atomic E-state index is 12.3. The Labute approximate surface area is 180 Å². The van der Waals surface area contributed by atoms with Crippen molar-refractivity contribution in [2.45, 2.75) is 59.0 Å². The topological polar surface area (TPSA) is 100 Å². The van der Waals surface area contributed by atoms with Crippen LogP contribution in [0, 0.1) is 13.8 Å². The van der Waals surface area contributed by atoms with E-state index in [4.69, 9.17) is 0 Å². The second kappa shape index (κ2) is 11.1. The summed E-state index contributed by atoms with van der Waals surface area (Å²) in [4.78, 5) is 4.25. The minimum atomic E-state index is -3.38. The summed E-state index contributed by atoms with van der Waals surface area (Å²) in [5, 5.41) is 11.0. The lowest BCUT2D eigenvalue weighted by Crippen LogP contribution is -2.38. The van der Waals surface area contributed by atoms with Crippen LogP contribution in [0.1, 0.15) is 42.8 Å². The van der Waals surface area contributed by atoms with Crippen LogP contribution in [0.15, 0.2) is 35.3 Å². The van der Waals surface area contributed by atoms with E-state index in [1.807, 2.05) is 49.7 Å². The third-order valence-electron chi connectivity index (χ3n) is 4.49. The van der Waals surface area contributed by atoms with Crippen molar-refractivity contribution in [1.82, 2.24) is 25.1 Å². The smallest absolute Gasteiger partial charge is 0.216 e. The highest BCUT2D eigenvalue weighted by atomic mass is 32.2. The number of aromatic nitrogens is 2. The molecule has 166 valence electrons. The zero-order valence-corrected chi connectivity index (χ0v) is 19.4. The molecule has 1 heterocycles. The van der Waals surface area contributed by atoms with Gasteiger partial charge in [0.05, 0.1) is 11.4 Å². The molecule has 8 nitrogen and oxygen atoms in total. The van der Waals surface area contributed by atoms with Gasteiger partial charge in [-0.05, 0) is 51.3 Å². The molecule has 0 unspecified atom stereocenters. The average molecular weight is 435 g/mol. The zero-order chi connectivity index (χ0) is 22.1. The molecule has 0 bridgehead atoms. The van der Waals surface area contributed by atoms with Crippen LogP contribution in [-0.2, 0) is 28.9 Å². The molecular weight excluding hydrogens is 400 g/mol. The first kappa shape index (κ1) is 23.9. The van der Waals surface area contributed by atoms with Gasteiger partial charge in [0.25, 0.3) is 0 Å². The molecule has 1 aromatic carbocycles. The molecule has 0 atom stereocenters. The number of aryl methyl sites for hydroxylation is 3. The second-order valence-electron chi connectivity index (χ2n) is 7.66. The Morgan fingerprint density at radius 3 is 2.47 bits per heavy atom. The number of aliphatic imine (C=N–C) groups is 1. The predicted molar refractivity (Wildman–Crippen MR) is 122 cm³/mol. The van der Waals surface area contributed by atoms with E-state index < -0.39 is 10.0 Å². The van der Waals surface area contributed by atoms with Crippen LogP contribution >= 0.6 is 0 Å². The lowest BCUT2D eigenvalue weighted by Gasteiger charge is -2.15. The Morgan fingerprint density at radius 2 is 1.87 bits per heavy atom. The molecule has 0 aliphatic carbocycles. The summed E-state index contributed by atoms with van der Waals surface area (Å²) in [6.45, 7) is 9.77. The molecule has 0 amide bonds. The summed E-state index contributed by atoms with van der Waals surface area (Å²) in [6.07, 6.45) is 0.915. The molecule has 30 heavy (non-hydrogen) atoms. The van der Waals surface area contributed by atoms with Gasteiger partial charge in [0.15, 0.2) is 5.96 Å². The highest BCUT2D eigenvalue weighted by Gasteiger charge is 2.15. The van der Waals surface area contributed by atoms with Gasteiger partial charge in [-0.25, -0.2) is 13.1 Å². The fourth-order valence-electron chi connectivity index (χ4n) is 3.21. The highest BCUT2D eigenvalue weighted by molar-refractivity contribution is 7.88. The maximum Gasteiger partial charge on any atom is 0.216 e. The lowest BCUT2D eigenvalue weighted by molar-refractivity contribution is 0.555. The van der Waals surface area contributed by atoms with E-state index in [0.29, 0.717) is 12.5 Å². The standard InChI is InChI=1S/C21H34N6O2S/c1-16(2)26-30(28,29)15-20-10-7-6-9-19(20)14-24-21(22-5)23-11-8-12-27-18(4)13-17(3)25-27/h6-7,9-10,13,16,26H,8,11-12,14-15H2,1-5H3,(H2,22,23,24). The summed E-state index contributed by atoms with van der Waals surface area (Å²) in [6, 6.07) is 9.49. The lowest BCUT2D eigenvalue weighted by atomic mass is 10.1. The molecule has 3 N–H and O–H groups in total.